The van der Waals surface area contributed by atoms with Gasteiger partial charge in [0.25, 0.3) is 0 Å². The monoisotopic (exact) mass is 544 g/mol. The first-order valence-corrected chi connectivity index (χ1v) is 12.8. The zero-order valence-corrected chi connectivity index (χ0v) is 22.8. The Bertz CT molecular complexity index is 1350. The lowest BCUT2D eigenvalue weighted by atomic mass is 9.55. The predicted octanol–water partition coefficient (Wildman–Crippen LogP) is 4.84. The summed E-state index contributed by atoms with van der Waals surface area (Å²) in [6, 6.07) is 6.47. The molecule has 0 bridgehead atoms. The van der Waals surface area contributed by atoms with Crippen molar-refractivity contribution in [3.05, 3.63) is 58.1 Å². The Morgan fingerprint density at radius 2 is 1.87 bits per heavy atom. The number of aliphatic imine (C=N–C) groups is 1. The largest absolute Gasteiger partial charge is 0.487 e. The van der Waals surface area contributed by atoms with Gasteiger partial charge in [-0.2, -0.15) is 0 Å². The molecule has 1 fully saturated rings. The van der Waals surface area contributed by atoms with Gasteiger partial charge in [0.1, 0.15) is 41.2 Å². The number of esters is 1. The molecule has 0 amide bonds. The minimum Gasteiger partial charge on any atom is -0.487 e. The van der Waals surface area contributed by atoms with E-state index in [9.17, 15) is 14.0 Å². The highest BCUT2D eigenvalue weighted by Gasteiger charge is 2.71. The van der Waals surface area contributed by atoms with Crippen LogP contribution < -0.4 is 4.74 Å². The van der Waals surface area contributed by atoms with Crippen molar-refractivity contribution < 1.29 is 32.9 Å². The highest BCUT2D eigenvalue weighted by molar-refractivity contribution is 6.30. The number of rotatable bonds is 5. The van der Waals surface area contributed by atoms with Gasteiger partial charge in [-0.15, -0.1) is 0 Å². The summed E-state index contributed by atoms with van der Waals surface area (Å²) in [6.45, 7) is 10.3. The predicted molar refractivity (Wildman–Crippen MR) is 137 cm³/mol. The van der Waals surface area contributed by atoms with Crippen LogP contribution >= 0.6 is 11.6 Å². The average molecular weight is 545 g/mol. The second-order valence-corrected chi connectivity index (χ2v) is 12.0. The number of hydrogen-bond acceptors (Lipinski definition) is 8. The summed E-state index contributed by atoms with van der Waals surface area (Å²) in [6.07, 6.45) is 1.05. The first-order chi connectivity index (χ1) is 17.8. The lowest BCUT2D eigenvalue weighted by Crippen LogP contribution is -2.71. The van der Waals surface area contributed by atoms with E-state index in [1.54, 1.807) is 32.9 Å². The topological polar surface area (TPSA) is 96.3 Å². The van der Waals surface area contributed by atoms with Gasteiger partial charge in [-0.3, -0.25) is 9.59 Å². The van der Waals surface area contributed by atoms with Crippen LogP contribution in [0.2, 0.25) is 5.02 Å². The quantitative estimate of drug-likeness (QED) is 0.392. The molecule has 8 nitrogen and oxygen atoms in total. The van der Waals surface area contributed by atoms with E-state index in [0.717, 1.165) is 11.6 Å². The Labute approximate surface area is 225 Å². The van der Waals surface area contributed by atoms with E-state index in [0.29, 0.717) is 24.5 Å². The number of ketones is 1. The third-order valence-corrected chi connectivity index (χ3v) is 7.62. The molecule has 0 aliphatic carbocycles. The minimum absolute atomic E-state index is 0.0862. The zero-order valence-electron chi connectivity index (χ0n) is 22.0. The molecule has 3 aliphatic rings. The van der Waals surface area contributed by atoms with Crippen LogP contribution in [0.4, 0.5) is 4.39 Å². The second-order valence-electron chi connectivity index (χ2n) is 11.5. The lowest BCUT2D eigenvalue weighted by Gasteiger charge is -2.61. The molecule has 1 unspecified atom stereocenters. The van der Waals surface area contributed by atoms with E-state index in [1.807, 2.05) is 19.9 Å². The molecule has 1 atom stereocenters. The van der Waals surface area contributed by atoms with Crippen molar-refractivity contribution in [2.75, 3.05) is 19.8 Å². The number of carbonyl (C=O) groups excluding carboxylic acids is 2. The first-order valence-electron chi connectivity index (χ1n) is 12.4. The number of fused-ring (bicyclic) bond motifs is 3. The van der Waals surface area contributed by atoms with Gasteiger partial charge in [0, 0.05) is 18.2 Å². The van der Waals surface area contributed by atoms with Gasteiger partial charge in [0.2, 0.25) is 0 Å². The van der Waals surface area contributed by atoms with E-state index >= 15 is 0 Å². The highest BCUT2D eigenvalue weighted by atomic mass is 35.5. The standard InChI is InChI=1S/C28H30ClFN2O6/c1-25(2,3)38-23(34)11-22-32-28(15-36-22)18-8-16(9-20(33)24-19(30)10-17(29)12-31-24)6-7-21(18)37-26(4,5)27(28)13-35-14-27/h6-8,10,12H,9,11,13-15H2,1-5H3. The van der Waals surface area contributed by atoms with Crippen LogP contribution in [0.15, 0.2) is 35.5 Å². The highest BCUT2D eigenvalue weighted by Crippen LogP contribution is 2.62. The van der Waals surface area contributed by atoms with Crippen LogP contribution in [0, 0.1) is 11.2 Å². The average Bonchev–Trinajstić information content (AvgIpc) is 3.15. The maximum atomic E-state index is 14.3. The summed E-state index contributed by atoms with van der Waals surface area (Å²) in [5.74, 6) is -0.805. The van der Waals surface area contributed by atoms with E-state index in [2.05, 4.69) is 4.98 Å². The fourth-order valence-electron chi connectivity index (χ4n) is 5.45. The van der Waals surface area contributed by atoms with Crippen molar-refractivity contribution in [1.29, 1.82) is 0 Å². The fourth-order valence-corrected chi connectivity index (χ4v) is 5.59. The summed E-state index contributed by atoms with van der Waals surface area (Å²) >= 11 is 5.78. The molecule has 4 heterocycles. The molecule has 1 aromatic heterocycles. The summed E-state index contributed by atoms with van der Waals surface area (Å²) in [5.41, 5.74) is -1.69. The van der Waals surface area contributed by atoms with Crippen molar-refractivity contribution in [2.45, 2.75) is 64.2 Å². The minimum atomic E-state index is -0.914. The Hall–Kier alpha value is -3.04. The molecule has 0 radical (unpaired) electrons. The van der Waals surface area contributed by atoms with E-state index in [-0.39, 0.29) is 36.1 Å². The van der Waals surface area contributed by atoms with Crippen molar-refractivity contribution in [2.24, 2.45) is 10.4 Å². The number of carbonyl (C=O) groups is 2. The maximum absolute atomic E-state index is 14.3. The summed E-state index contributed by atoms with van der Waals surface area (Å²) in [5, 5.41) is 0.115. The fraction of sp³-hybridized carbons (Fsp3) is 0.500. The molecule has 3 aliphatic heterocycles. The molecule has 0 saturated carbocycles. The van der Waals surface area contributed by atoms with Crippen LogP contribution in [0.1, 0.15) is 62.7 Å². The molecule has 1 aromatic carbocycles. The third-order valence-electron chi connectivity index (χ3n) is 7.41. The van der Waals surface area contributed by atoms with Crippen molar-refractivity contribution in [3.8, 4) is 5.75 Å². The summed E-state index contributed by atoms with van der Waals surface area (Å²) in [7, 11) is 0. The Balaban J connectivity index is 1.53. The molecular formula is C28H30ClFN2O6. The van der Waals surface area contributed by atoms with E-state index < -0.39 is 39.7 Å². The first kappa shape index (κ1) is 26.6. The number of pyridine rings is 1. The van der Waals surface area contributed by atoms with Gasteiger partial charge in [0.15, 0.2) is 17.5 Å². The number of ether oxygens (including phenoxy) is 4. The molecular weight excluding hydrogens is 515 g/mol. The molecule has 5 rings (SSSR count). The van der Waals surface area contributed by atoms with Crippen LogP contribution in [0.3, 0.4) is 0 Å². The Morgan fingerprint density at radius 3 is 2.50 bits per heavy atom. The number of nitrogens with zero attached hydrogens (tertiary/aromatic N) is 2. The summed E-state index contributed by atoms with van der Waals surface area (Å²) in [4.78, 5) is 34.4. The van der Waals surface area contributed by atoms with Crippen molar-refractivity contribution >= 4 is 29.3 Å². The van der Waals surface area contributed by atoms with Gasteiger partial charge in [0.05, 0.1) is 23.7 Å². The van der Waals surface area contributed by atoms with Gasteiger partial charge in [-0.05, 0) is 58.4 Å². The molecule has 10 heteroatoms. The van der Waals surface area contributed by atoms with E-state index in [4.69, 9.17) is 35.5 Å². The molecule has 202 valence electrons. The van der Waals surface area contributed by atoms with Gasteiger partial charge in [-0.1, -0.05) is 17.7 Å². The number of benzene rings is 1. The third kappa shape index (κ3) is 4.35. The Morgan fingerprint density at radius 1 is 1.13 bits per heavy atom. The number of halogens is 2. The summed E-state index contributed by atoms with van der Waals surface area (Å²) < 4.78 is 38.0. The van der Waals surface area contributed by atoms with Crippen molar-refractivity contribution in [1.82, 2.24) is 4.98 Å². The molecule has 1 saturated heterocycles. The van der Waals surface area contributed by atoms with Crippen LogP contribution in [0.25, 0.3) is 0 Å². The molecule has 0 N–H and O–H groups in total. The second kappa shape index (κ2) is 9.02. The SMILES string of the molecule is CC(C)(C)OC(=O)CC1=NC2(CO1)c1cc(CC(=O)c3ncc(Cl)cc3F)ccc1OC(C)(C)C21COC1. The smallest absolute Gasteiger partial charge is 0.315 e. The van der Waals surface area contributed by atoms with Crippen molar-refractivity contribution in [3.63, 3.8) is 0 Å². The van der Waals surface area contributed by atoms with E-state index in [1.165, 1.54) is 6.20 Å². The van der Waals surface area contributed by atoms with Crippen LogP contribution in [-0.4, -0.2) is 53.7 Å². The molecule has 2 aromatic rings. The van der Waals surface area contributed by atoms with Crippen LogP contribution in [-0.2, 0) is 31.0 Å². The Kier molecular flexibility index (Phi) is 6.30. The number of Topliss-reactive ketones (excluding diaryl/α,β-unsaturated/α-hetero) is 1. The van der Waals surface area contributed by atoms with Gasteiger partial charge >= 0.3 is 5.97 Å². The normalized spacial score (nSPS) is 22.7. The van der Waals surface area contributed by atoms with Gasteiger partial charge < -0.3 is 18.9 Å². The zero-order chi connectivity index (χ0) is 27.5. The molecule has 2 spiro atoms. The maximum Gasteiger partial charge on any atom is 0.315 e. The molecule has 38 heavy (non-hydrogen) atoms. The van der Waals surface area contributed by atoms with Crippen LogP contribution in [0.5, 0.6) is 5.75 Å². The lowest BCUT2D eigenvalue weighted by molar-refractivity contribution is -0.247. The van der Waals surface area contributed by atoms with Gasteiger partial charge in [-0.25, -0.2) is 14.4 Å². The number of hydrogen-bond donors (Lipinski definition) is 0. The number of aromatic nitrogens is 1.